The Bertz CT molecular complexity index is 2900. The van der Waals surface area contributed by atoms with E-state index in [0.717, 1.165) is 17.6 Å². The van der Waals surface area contributed by atoms with Crippen LogP contribution in [0.25, 0.3) is 43.8 Å². The largest absolute Gasteiger partial charge is 0.456 e. The van der Waals surface area contributed by atoms with Crippen molar-refractivity contribution < 1.29 is 4.42 Å². The Labute approximate surface area is 344 Å². The molecule has 3 nitrogen and oxygen atoms in total. The maximum Gasteiger partial charge on any atom is 0.333 e. The maximum absolute atomic E-state index is 7.04. The minimum atomic E-state index is -0.0197. The van der Waals surface area contributed by atoms with Gasteiger partial charge in [-0.3, -0.25) is 0 Å². The highest BCUT2D eigenvalue weighted by molar-refractivity contribution is 6.94. The van der Waals surface area contributed by atoms with Gasteiger partial charge in [0.25, 0.3) is 0 Å². The fourth-order valence-corrected chi connectivity index (χ4v) is 12.8. The first-order chi connectivity index (χ1) is 27.9. The second-order valence-corrected chi connectivity index (χ2v) is 20.5. The van der Waals surface area contributed by atoms with E-state index >= 15 is 0 Å². The number of rotatable bonds is 4. The molecular weight excluding hydrogens is 703 g/mol. The molecule has 0 amide bonds. The normalized spacial score (nSPS) is 23.2. The zero-order valence-electron chi connectivity index (χ0n) is 35.5. The molecule has 1 aromatic heterocycles. The van der Waals surface area contributed by atoms with Gasteiger partial charge in [-0.25, -0.2) is 0 Å². The SMILES string of the molecule is CCCCc1cc2c3c(c1)C1(C)CCCCC1(C)N3c1cc3ccccc3c3c1B2N(c1ccccc1)c1cc2c(cc1-3)oc1cc3c(cc12)C(C)(C)CCC3(C)C. The van der Waals surface area contributed by atoms with E-state index < -0.39 is 0 Å². The van der Waals surface area contributed by atoms with E-state index in [0.29, 0.717) is 0 Å². The first kappa shape index (κ1) is 35.0. The highest BCUT2D eigenvalue weighted by Crippen LogP contribution is 2.63. The van der Waals surface area contributed by atoms with E-state index in [1.165, 1.54) is 134 Å². The number of para-hydroxylation sites is 1. The molecule has 12 rings (SSSR count). The summed E-state index contributed by atoms with van der Waals surface area (Å²) in [5.74, 6) is 0. The van der Waals surface area contributed by atoms with E-state index in [-0.39, 0.29) is 28.6 Å². The lowest BCUT2D eigenvalue weighted by molar-refractivity contribution is 0.195. The zero-order valence-corrected chi connectivity index (χ0v) is 35.5. The molecule has 0 bridgehead atoms. The molecule has 6 aromatic carbocycles. The summed E-state index contributed by atoms with van der Waals surface area (Å²) < 4.78 is 7.04. The van der Waals surface area contributed by atoms with Gasteiger partial charge in [0.05, 0.1) is 5.54 Å². The molecule has 2 aliphatic carbocycles. The Balaban J connectivity index is 1.23. The molecule has 0 spiro atoms. The van der Waals surface area contributed by atoms with E-state index in [1.54, 1.807) is 5.56 Å². The molecule has 0 N–H and O–H groups in total. The average Bonchev–Trinajstić information content (AvgIpc) is 3.68. The van der Waals surface area contributed by atoms with Crippen LogP contribution in [0.15, 0.2) is 101 Å². The first-order valence-corrected chi connectivity index (χ1v) is 22.4. The summed E-state index contributed by atoms with van der Waals surface area (Å²) in [5.41, 5.74) is 19.2. The Morgan fingerprint density at radius 1 is 0.655 bits per heavy atom. The number of aryl methyl sites for hydroxylation is 1. The second kappa shape index (κ2) is 11.6. The highest BCUT2D eigenvalue weighted by Gasteiger charge is 2.62. The van der Waals surface area contributed by atoms with Crippen molar-refractivity contribution >= 4 is 73.2 Å². The van der Waals surface area contributed by atoms with Crippen molar-refractivity contribution in [2.75, 3.05) is 9.71 Å². The first-order valence-electron chi connectivity index (χ1n) is 22.4. The van der Waals surface area contributed by atoms with Gasteiger partial charge in [-0.15, -0.1) is 0 Å². The summed E-state index contributed by atoms with van der Waals surface area (Å²) in [6.07, 6.45) is 10.9. The smallest absolute Gasteiger partial charge is 0.333 e. The number of benzene rings is 6. The molecule has 1 saturated carbocycles. The van der Waals surface area contributed by atoms with Gasteiger partial charge in [0, 0.05) is 44.5 Å². The maximum atomic E-state index is 7.04. The lowest BCUT2D eigenvalue weighted by Crippen LogP contribution is -2.64. The molecule has 1 fully saturated rings. The third kappa shape index (κ3) is 4.37. The molecule has 0 saturated heterocycles. The standard InChI is InChI=1S/C54H55BN2O/c1-8-9-17-33-26-42-50-43(27-33)55-49-45(56(50)54(7)23-16-15-22-53(42,54)6)28-34-18-13-14-21-36(34)48(49)39-31-46-38(30-44(39)57(55)35-19-11-10-12-20-35)37-29-40-41(32-47(37)58-46)52(4,5)25-24-51(40,2)3/h10-14,18-21,26-32H,8-9,15-17,22-25H2,1-7H3. The molecule has 3 aliphatic heterocycles. The second-order valence-electron chi connectivity index (χ2n) is 20.5. The van der Waals surface area contributed by atoms with Crippen LogP contribution in [0.1, 0.15) is 122 Å². The van der Waals surface area contributed by atoms with Gasteiger partial charge in [0.1, 0.15) is 11.2 Å². The number of fused-ring (bicyclic) bond motifs is 13. The van der Waals surface area contributed by atoms with Crippen LogP contribution in [0, 0.1) is 0 Å². The number of anilines is 4. The van der Waals surface area contributed by atoms with Crippen molar-refractivity contribution in [3.63, 3.8) is 0 Å². The van der Waals surface area contributed by atoms with Crippen LogP contribution in [-0.4, -0.2) is 12.4 Å². The van der Waals surface area contributed by atoms with Crippen LogP contribution in [0.5, 0.6) is 0 Å². The quantitative estimate of drug-likeness (QED) is 0.167. The van der Waals surface area contributed by atoms with Gasteiger partial charge in [0.2, 0.25) is 0 Å². The summed E-state index contributed by atoms with van der Waals surface area (Å²) in [4.78, 5) is 5.60. The van der Waals surface area contributed by atoms with Crippen LogP contribution in [-0.2, 0) is 22.7 Å². The average molecular weight is 759 g/mol. The van der Waals surface area contributed by atoms with Gasteiger partial charge < -0.3 is 14.1 Å². The van der Waals surface area contributed by atoms with Crippen molar-refractivity contribution in [1.29, 1.82) is 0 Å². The van der Waals surface area contributed by atoms with Crippen LogP contribution in [0.3, 0.4) is 0 Å². The summed E-state index contributed by atoms with van der Waals surface area (Å²) in [7, 11) is 0. The topological polar surface area (TPSA) is 19.6 Å². The molecule has 0 radical (unpaired) electrons. The Morgan fingerprint density at radius 3 is 2.16 bits per heavy atom. The van der Waals surface area contributed by atoms with Gasteiger partial charge >= 0.3 is 6.85 Å². The number of hydrogen-bond acceptors (Lipinski definition) is 3. The summed E-state index contributed by atoms with van der Waals surface area (Å²) in [5, 5.41) is 5.10. The number of furan rings is 1. The minimum Gasteiger partial charge on any atom is -0.456 e. The van der Waals surface area contributed by atoms with Gasteiger partial charge in [0.15, 0.2) is 0 Å². The lowest BCUT2D eigenvalue weighted by Gasteiger charge is -2.53. The van der Waals surface area contributed by atoms with Crippen molar-refractivity contribution in [1.82, 2.24) is 0 Å². The summed E-state index contributed by atoms with van der Waals surface area (Å²) in [6.45, 7) is 17.3. The van der Waals surface area contributed by atoms with Crippen molar-refractivity contribution in [3.8, 4) is 11.1 Å². The fourth-order valence-electron chi connectivity index (χ4n) is 12.8. The van der Waals surface area contributed by atoms with Crippen LogP contribution in [0.2, 0.25) is 0 Å². The van der Waals surface area contributed by atoms with E-state index in [2.05, 4.69) is 155 Å². The molecule has 2 atom stereocenters. The molecule has 58 heavy (non-hydrogen) atoms. The molecule has 2 unspecified atom stereocenters. The van der Waals surface area contributed by atoms with Gasteiger partial charge in [-0.1, -0.05) is 115 Å². The van der Waals surface area contributed by atoms with E-state index in [9.17, 15) is 0 Å². The Kier molecular flexibility index (Phi) is 7.02. The lowest BCUT2D eigenvalue weighted by atomic mass is 9.43. The number of hydrogen-bond donors (Lipinski definition) is 0. The number of nitrogens with zero attached hydrogens (tertiary/aromatic N) is 2. The summed E-state index contributed by atoms with van der Waals surface area (Å²) >= 11 is 0. The Hall–Kier alpha value is -4.96. The fraction of sp³-hybridized carbons (Fsp3) is 0.370. The zero-order chi connectivity index (χ0) is 39.5. The van der Waals surface area contributed by atoms with Gasteiger partial charge in [-0.2, -0.15) is 0 Å². The molecule has 7 aromatic rings. The predicted octanol–water partition coefficient (Wildman–Crippen LogP) is 13.4. The minimum absolute atomic E-state index is 0.0197. The molecule has 290 valence electrons. The van der Waals surface area contributed by atoms with E-state index in [4.69, 9.17) is 4.42 Å². The summed E-state index contributed by atoms with van der Waals surface area (Å²) in [6, 6.07) is 38.2. The molecule has 5 aliphatic rings. The highest BCUT2D eigenvalue weighted by atomic mass is 16.3. The van der Waals surface area contributed by atoms with Crippen LogP contribution < -0.4 is 20.6 Å². The van der Waals surface area contributed by atoms with Crippen molar-refractivity contribution in [3.05, 3.63) is 119 Å². The molecule has 4 heteroatoms. The van der Waals surface area contributed by atoms with Crippen molar-refractivity contribution in [2.45, 2.75) is 128 Å². The number of unbranched alkanes of at least 4 members (excludes halogenated alkanes) is 1. The van der Waals surface area contributed by atoms with Crippen LogP contribution >= 0.6 is 0 Å². The van der Waals surface area contributed by atoms with Crippen molar-refractivity contribution in [2.24, 2.45) is 0 Å². The third-order valence-electron chi connectivity index (χ3n) is 16.4. The van der Waals surface area contributed by atoms with Gasteiger partial charge in [-0.05, 0) is 148 Å². The van der Waals surface area contributed by atoms with Crippen LogP contribution in [0.4, 0.5) is 22.7 Å². The Morgan fingerprint density at radius 2 is 1.36 bits per heavy atom. The molecular formula is C54H55BN2O. The van der Waals surface area contributed by atoms with E-state index in [1.807, 2.05) is 0 Å². The molecule has 4 heterocycles. The predicted molar refractivity (Wildman–Crippen MR) is 247 cm³/mol. The third-order valence-corrected chi connectivity index (χ3v) is 16.4. The monoisotopic (exact) mass is 758 g/mol.